The predicted octanol–water partition coefficient (Wildman–Crippen LogP) is 1.24. The molecule has 88 valence electrons. The van der Waals surface area contributed by atoms with Crippen LogP contribution in [0.3, 0.4) is 0 Å². The molecule has 16 heavy (non-hydrogen) atoms. The van der Waals surface area contributed by atoms with E-state index in [1.54, 1.807) is 0 Å². The van der Waals surface area contributed by atoms with Crippen molar-refractivity contribution < 1.29 is 14.4 Å². The van der Waals surface area contributed by atoms with E-state index in [-0.39, 0.29) is 12.0 Å². The fourth-order valence-corrected chi connectivity index (χ4v) is 2.03. The van der Waals surface area contributed by atoms with Crippen LogP contribution in [0.4, 0.5) is 0 Å². The van der Waals surface area contributed by atoms with Crippen molar-refractivity contribution in [3.05, 3.63) is 17.0 Å². The molecule has 1 aromatic rings. The van der Waals surface area contributed by atoms with Crippen molar-refractivity contribution >= 4 is 5.97 Å². The Bertz CT molecular complexity index is 380. The summed E-state index contributed by atoms with van der Waals surface area (Å²) in [6, 6.07) is 0.0891. The van der Waals surface area contributed by atoms with Gasteiger partial charge >= 0.3 is 5.97 Å². The van der Waals surface area contributed by atoms with Crippen molar-refractivity contribution in [1.29, 1.82) is 0 Å². The first-order chi connectivity index (χ1) is 7.59. The first-order valence-corrected chi connectivity index (χ1v) is 5.47. The summed E-state index contributed by atoms with van der Waals surface area (Å²) in [5.74, 6) is -0.140. The van der Waals surface area contributed by atoms with Crippen LogP contribution in [0, 0.1) is 19.8 Å². The van der Waals surface area contributed by atoms with E-state index < -0.39 is 5.97 Å². The van der Waals surface area contributed by atoms with E-state index >= 15 is 0 Å². The Morgan fingerprint density at radius 3 is 2.75 bits per heavy atom. The standard InChI is InChI=1S/C11H16N2O3/c1-6-9(7(2)16-13-6)5-12-10-4-3-8(10)11(14)15/h8,10,12H,3-5H2,1-2H3,(H,14,15). The number of carboxylic acid groups (broad SMARTS) is 1. The van der Waals surface area contributed by atoms with Gasteiger partial charge in [0.2, 0.25) is 0 Å². The number of aromatic nitrogens is 1. The highest BCUT2D eigenvalue weighted by Gasteiger charge is 2.36. The third-order valence-electron chi connectivity index (χ3n) is 3.31. The van der Waals surface area contributed by atoms with Crippen molar-refractivity contribution in [2.45, 2.75) is 39.3 Å². The predicted molar refractivity (Wildman–Crippen MR) is 57.0 cm³/mol. The van der Waals surface area contributed by atoms with Gasteiger partial charge in [-0.3, -0.25) is 4.79 Å². The summed E-state index contributed by atoms with van der Waals surface area (Å²) < 4.78 is 5.05. The van der Waals surface area contributed by atoms with Crippen LogP contribution in [-0.4, -0.2) is 22.3 Å². The van der Waals surface area contributed by atoms with Crippen LogP contribution < -0.4 is 5.32 Å². The maximum Gasteiger partial charge on any atom is 0.308 e. The van der Waals surface area contributed by atoms with Gasteiger partial charge in [0.1, 0.15) is 5.76 Å². The fraction of sp³-hybridized carbons (Fsp3) is 0.636. The van der Waals surface area contributed by atoms with E-state index in [1.165, 1.54) is 0 Å². The minimum absolute atomic E-state index is 0.0891. The average molecular weight is 224 g/mol. The summed E-state index contributed by atoms with van der Waals surface area (Å²) in [5.41, 5.74) is 1.91. The monoisotopic (exact) mass is 224 g/mol. The highest BCUT2D eigenvalue weighted by Crippen LogP contribution is 2.28. The second kappa shape index (κ2) is 4.25. The lowest BCUT2D eigenvalue weighted by Crippen LogP contribution is -2.47. The number of carboxylic acids is 1. The number of hydrogen-bond donors (Lipinski definition) is 2. The molecule has 2 N–H and O–H groups in total. The molecule has 0 spiro atoms. The van der Waals surface area contributed by atoms with Crippen LogP contribution in [0.25, 0.3) is 0 Å². The maximum atomic E-state index is 10.8. The largest absolute Gasteiger partial charge is 0.481 e. The van der Waals surface area contributed by atoms with Gasteiger partial charge in [0, 0.05) is 18.2 Å². The highest BCUT2D eigenvalue weighted by atomic mass is 16.5. The van der Waals surface area contributed by atoms with Crippen LogP contribution in [0.1, 0.15) is 29.9 Å². The van der Waals surface area contributed by atoms with Crippen LogP contribution in [0.2, 0.25) is 0 Å². The molecule has 5 heteroatoms. The third-order valence-corrected chi connectivity index (χ3v) is 3.31. The fourth-order valence-electron chi connectivity index (χ4n) is 2.03. The van der Waals surface area contributed by atoms with Gasteiger partial charge in [-0.1, -0.05) is 5.16 Å². The van der Waals surface area contributed by atoms with E-state index in [0.717, 1.165) is 29.9 Å². The summed E-state index contributed by atoms with van der Waals surface area (Å²) in [6.45, 7) is 4.39. The summed E-state index contributed by atoms with van der Waals surface area (Å²) in [7, 11) is 0. The number of aryl methyl sites for hydroxylation is 2. The smallest absolute Gasteiger partial charge is 0.308 e. The first kappa shape index (κ1) is 11.1. The normalized spacial score (nSPS) is 24.1. The number of hydrogen-bond acceptors (Lipinski definition) is 4. The van der Waals surface area contributed by atoms with Crippen LogP contribution in [0.15, 0.2) is 4.52 Å². The summed E-state index contributed by atoms with van der Waals surface area (Å²) in [5, 5.41) is 16.0. The van der Waals surface area contributed by atoms with Gasteiger partial charge in [0.15, 0.2) is 0 Å². The molecule has 0 aromatic carbocycles. The molecule has 2 rings (SSSR count). The van der Waals surface area contributed by atoms with Crippen LogP contribution in [0.5, 0.6) is 0 Å². The molecule has 0 amide bonds. The molecule has 2 unspecified atom stereocenters. The van der Waals surface area contributed by atoms with E-state index in [9.17, 15) is 4.79 Å². The Balaban J connectivity index is 1.91. The van der Waals surface area contributed by atoms with Crippen molar-refractivity contribution in [3.8, 4) is 0 Å². The van der Waals surface area contributed by atoms with E-state index in [0.29, 0.717) is 6.54 Å². The second-order valence-corrected chi connectivity index (χ2v) is 4.31. The quantitative estimate of drug-likeness (QED) is 0.804. The van der Waals surface area contributed by atoms with E-state index in [1.807, 2.05) is 13.8 Å². The molecule has 0 radical (unpaired) electrons. The SMILES string of the molecule is Cc1noc(C)c1CNC1CCC1C(=O)O. The average Bonchev–Trinajstić information content (AvgIpc) is 2.46. The zero-order valence-electron chi connectivity index (χ0n) is 9.49. The van der Waals surface area contributed by atoms with Gasteiger partial charge in [-0.2, -0.15) is 0 Å². The van der Waals surface area contributed by atoms with Gasteiger partial charge in [-0.25, -0.2) is 0 Å². The third kappa shape index (κ3) is 1.95. The van der Waals surface area contributed by atoms with Gasteiger partial charge in [0.05, 0.1) is 11.6 Å². The Labute approximate surface area is 93.8 Å². The highest BCUT2D eigenvalue weighted by molar-refractivity contribution is 5.72. The van der Waals surface area contributed by atoms with Gasteiger partial charge in [0.25, 0.3) is 0 Å². The molecule has 1 saturated carbocycles. The van der Waals surface area contributed by atoms with Gasteiger partial charge in [-0.15, -0.1) is 0 Å². The Morgan fingerprint density at radius 2 is 2.31 bits per heavy atom. The van der Waals surface area contributed by atoms with Crippen molar-refractivity contribution in [3.63, 3.8) is 0 Å². The molecule has 1 heterocycles. The zero-order chi connectivity index (χ0) is 11.7. The molecule has 1 aliphatic rings. The van der Waals surface area contributed by atoms with E-state index in [2.05, 4.69) is 10.5 Å². The summed E-state index contributed by atoms with van der Waals surface area (Å²) in [4.78, 5) is 10.8. The minimum atomic E-state index is -0.706. The zero-order valence-corrected chi connectivity index (χ0v) is 9.49. The van der Waals surface area contributed by atoms with Gasteiger partial charge in [-0.05, 0) is 26.7 Å². The maximum absolute atomic E-state index is 10.8. The van der Waals surface area contributed by atoms with Crippen molar-refractivity contribution in [2.24, 2.45) is 5.92 Å². The molecule has 0 bridgehead atoms. The van der Waals surface area contributed by atoms with Crippen molar-refractivity contribution in [1.82, 2.24) is 10.5 Å². The molecule has 1 fully saturated rings. The number of nitrogens with zero attached hydrogens (tertiary/aromatic N) is 1. The Kier molecular flexibility index (Phi) is 2.96. The minimum Gasteiger partial charge on any atom is -0.481 e. The summed E-state index contributed by atoms with van der Waals surface area (Å²) >= 11 is 0. The van der Waals surface area contributed by atoms with Crippen LogP contribution in [-0.2, 0) is 11.3 Å². The Hall–Kier alpha value is -1.36. The topological polar surface area (TPSA) is 75.4 Å². The molecule has 1 aliphatic carbocycles. The Morgan fingerprint density at radius 1 is 1.56 bits per heavy atom. The number of rotatable bonds is 4. The van der Waals surface area contributed by atoms with E-state index in [4.69, 9.17) is 9.63 Å². The lowest BCUT2D eigenvalue weighted by molar-refractivity contribution is -0.146. The number of aliphatic carboxylic acids is 1. The molecule has 2 atom stereocenters. The summed E-state index contributed by atoms with van der Waals surface area (Å²) in [6.07, 6.45) is 1.70. The molecule has 5 nitrogen and oxygen atoms in total. The molecular formula is C11H16N2O3. The number of nitrogens with one attached hydrogen (secondary N) is 1. The molecular weight excluding hydrogens is 208 g/mol. The number of carbonyl (C=O) groups is 1. The van der Waals surface area contributed by atoms with Gasteiger partial charge < -0.3 is 14.9 Å². The first-order valence-electron chi connectivity index (χ1n) is 5.47. The lowest BCUT2D eigenvalue weighted by atomic mass is 9.79. The molecule has 0 saturated heterocycles. The molecule has 0 aliphatic heterocycles. The van der Waals surface area contributed by atoms with Crippen molar-refractivity contribution in [2.75, 3.05) is 0 Å². The second-order valence-electron chi connectivity index (χ2n) is 4.31. The molecule has 1 aromatic heterocycles. The lowest BCUT2D eigenvalue weighted by Gasteiger charge is -2.34. The van der Waals surface area contributed by atoms with Crippen LogP contribution >= 0.6 is 0 Å².